The molecule has 2 heterocycles. The van der Waals surface area contributed by atoms with Gasteiger partial charge in [-0.2, -0.15) is 0 Å². The third-order valence-electron chi connectivity index (χ3n) is 3.61. The van der Waals surface area contributed by atoms with E-state index in [2.05, 4.69) is 15.9 Å². The zero-order valence-corrected chi connectivity index (χ0v) is 12.5. The number of hydrogen-bond acceptors (Lipinski definition) is 5. The molecule has 1 saturated heterocycles. The average Bonchev–Trinajstić information content (AvgIpc) is 2.94. The molecule has 2 aliphatic rings. The Morgan fingerprint density at radius 3 is 2.84 bits per heavy atom. The number of hydrogen-bond donors (Lipinski definition) is 1. The maximum Gasteiger partial charge on any atom is 0.231 e. The van der Waals surface area contributed by atoms with Gasteiger partial charge in [0, 0.05) is 6.04 Å². The lowest BCUT2D eigenvalue weighted by molar-refractivity contribution is 0.173. The zero-order valence-electron chi connectivity index (χ0n) is 10.1. The lowest BCUT2D eigenvalue weighted by Gasteiger charge is -2.19. The second-order valence-corrected chi connectivity index (χ2v) is 8.01. The van der Waals surface area contributed by atoms with E-state index < -0.39 is 9.84 Å². The minimum atomic E-state index is -2.92. The van der Waals surface area contributed by atoms with E-state index in [1.807, 2.05) is 12.1 Å². The Morgan fingerprint density at radius 1 is 1.37 bits per heavy atom. The fourth-order valence-electron chi connectivity index (χ4n) is 2.56. The molecule has 2 unspecified atom stereocenters. The van der Waals surface area contributed by atoms with Gasteiger partial charge in [-0.1, -0.05) is 0 Å². The van der Waals surface area contributed by atoms with Crippen molar-refractivity contribution >= 4 is 25.8 Å². The summed E-state index contributed by atoms with van der Waals surface area (Å²) in [4.78, 5) is 0. The van der Waals surface area contributed by atoms with Gasteiger partial charge in [-0.3, -0.25) is 0 Å². The highest BCUT2D eigenvalue weighted by Gasteiger charge is 2.33. The molecule has 3 rings (SSSR count). The van der Waals surface area contributed by atoms with E-state index in [9.17, 15) is 8.42 Å². The monoisotopic (exact) mass is 347 g/mol. The fourth-order valence-corrected chi connectivity index (χ4v) is 4.99. The Hall–Kier alpha value is -0.790. The van der Waals surface area contributed by atoms with Gasteiger partial charge in [0.15, 0.2) is 21.3 Å². The molecule has 7 heteroatoms. The maximum atomic E-state index is 11.5. The smallest absolute Gasteiger partial charge is 0.231 e. The summed E-state index contributed by atoms with van der Waals surface area (Å²) >= 11 is 3.42. The van der Waals surface area contributed by atoms with Crippen LogP contribution in [-0.4, -0.2) is 26.7 Å². The Morgan fingerprint density at radius 2 is 2.16 bits per heavy atom. The van der Waals surface area contributed by atoms with E-state index in [0.717, 1.165) is 10.0 Å². The van der Waals surface area contributed by atoms with Crippen LogP contribution in [0.5, 0.6) is 11.5 Å². The topological polar surface area (TPSA) is 78.6 Å². The highest BCUT2D eigenvalue weighted by Crippen LogP contribution is 2.42. The normalized spacial score (nSPS) is 25.5. The van der Waals surface area contributed by atoms with Crippen molar-refractivity contribution in [1.82, 2.24) is 0 Å². The van der Waals surface area contributed by atoms with Gasteiger partial charge in [0.25, 0.3) is 0 Å². The van der Waals surface area contributed by atoms with Gasteiger partial charge in [-0.05, 0) is 46.0 Å². The van der Waals surface area contributed by atoms with Crippen molar-refractivity contribution in [2.24, 2.45) is 11.7 Å². The summed E-state index contributed by atoms with van der Waals surface area (Å²) in [7, 11) is -2.92. The molecule has 0 aromatic heterocycles. The van der Waals surface area contributed by atoms with Crippen LogP contribution in [0.3, 0.4) is 0 Å². The van der Waals surface area contributed by atoms with E-state index in [1.54, 1.807) is 0 Å². The van der Waals surface area contributed by atoms with Crippen molar-refractivity contribution in [2.75, 3.05) is 18.3 Å². The first-order valence-corrected chi connectivity index (χ1v) is 8.63. The Balaban J connectivity index is 1.89. The van der Waals surface area contributed by atoms with Crippen LogP contribution < -0.4 is 15.2 Å². The lowest BCUT2D eigenvalue weighted by atomic mass is 9.93. The molecule has 0 saturated carbocycles. The molecule has 0 aliphatic carbocycles. The van der Waals surface area contributed by atoms with E-state index in [0.29, 0.717) is 17.9 Å². The molecule has 0 spiro atoms. The number of sulfone groups is 1. The van der Waals surface area contributed by atoms with Crippen LogP contribution in [0.15, 0.2) is 16.6 Å². The molecular weight excluding hydrogens is 334 g/mol. The van der Waals surface area contributed by atoms with Gasteiger partial charge < -0.3 is 15.2 Å². The fraction of sp³-hybridized carbons (Fsp3) is 0.500. The van der Waals surface area contributed by atoms with Gasteiger partial charge in [0.1, 0.15) is 0 Å². The number of halogens is 1. The Kier molecular flexibility index (Phi) is 3.23. The van der Waals surface area contributed by atoms with Gasteiger partial charge in [0.2, 0.25) is 6.79 Å². The van der Waals surface area contributed by atoms with E-state index in [1.165, 1.54) is 0 Å². The third kappa shape index (κ3) is 2.46. The van der Waals surface area contributed by atoms with Crippen molar-refractivity contribution in [3.8, 4) is 11.5 Å². The first kappa shape index (κ1) is 13.2. The highest BCUT2D eigenvalue weighted by molar-refractivity contribution is 9.10. The summed E-state index contributed by atoms with van der Waals surface area (Å²) in [6.07, 6.45) is 0.621. The largest absolute Gasteiger partial charge is 0.454 e. The van der Waals surface area contributed by atoms with Gasteiger partial charge in [-0.15, -0.1) is 0 Å². The van der Waals surface area contributed by atoms with Crippen molar-refractivity contribution in [3.05, 3.63) is 22.2 Å². The van der Waals surface area contributed by atoms with Crippen molar-refractivity contribution in [1.29, 1.82) is 0 Å². The molecule has 5 nitrogen and oxygen atoms in total. The highest BCUT2D eigenvalue weighted by atomic mass is 79.9. The van der Waals surface area contributed by atoms with Crippen molar-refractivity contribution in [3.63, 3.8) is 0 Å². The van der Waals surface area contributed by atoms with Gasteiger partial charge >= 0.3 is 0 Å². The molecule has 19 heavy (non-hydrogen) atoms. The minimum Gasteiger partial charge on any atom is -0.454 e. The predicted molar refractivity (Wildman–Crippen MR) is 74.0 cm³/mol. The van der Waals surface area contributed by atoms with Crippen LogP contribution in [0.4, 0.5) is 0 Å². The molecule has 104 valence electrons. The van der Waals surface area contributed by atoms with E-state index in [4.69, 9.17) is 15.2 Å². The van der Waals surface area contributed by atoms with Crippen LogP contribution in [-0.2, 0) is 9.84 Å². The lowest BCUT2D eigenvalue weighted by Crippen LogP contribution is -2.22. The number of rotatable bonds is 2. The first-order valence-electron chi connectivity index (χ1n) is 6.01. The second kappa shape index (κ2) is 4.64. The summed E-state index contributed by atoms with van der Waals surface area (Å²) in [6.45, 7) is 0.199. The number of fused-ring (bicyclic) bond motifs is 1. The molecule has 1 aromatic carbocycles. The molecule has 0 radical (unpaired) electrons. The maximum absolute atomic E-state index is 11.5. The summed E-state index contributed by atoms with van der Waals surface area (Å²) in [5, 5.41) is 0. The van der Waals surface area contributed by atoms with Crippen LogP contribution >= 0.6 is 15.9 Å². The van der Waals surface area contributed by atoms with Crippen molar-refractivity contribution in [2.45, 2.75) is 12.5 Å². The molecule has 0 bridgehead atoms. The van der Waals surface area contributed by atoms with Crippen LogP contribution in [0.25, 0.3) is 0 Å². The number of ether oxygens (including phenoxy) is 2. The summed E-state index contributed by atoms with van der Waals surface area (Å²) < 4.78 is 34.5. The Bertz CT molecular complexity index is 616. The molecule has 2 atom stereocenters. The zero-order chi connectivity index (χ0) is 13.6. The molecular formula is C12H14BrNO4S. The third-order valence-corrected chi connectivity index (χ3v) is 5.99. The molecule has 2 N–H and O–H groups in total. The van der Waals surface area contributed by atoms with Crippen molar-refractivity contribution < 1.29 is 17.9 Å². The summed E-state index contributed by atoms with van der Waals surface area (Å²) in [5.41, 5.74) is 7.08. The molecule has 1 aromatic rings. The van der Waals surface area contributed by atoms with Gasteiger partial charge in [-0.25, -0.2) is 8.42 Å². The Labute approximate surface area is 120 Å². The molecule has 0 amide bonds. The minimum absolute atomic E-state index is 0.0303. The number of benzene rings is 1. The average molecular weight is 348 g/mol. The summed E-state index contributed by atoms with van der Waals surface area (Å²) in [6, 6.07) is 3.41. The number of nitrogens with two attached hydrogens (primary N) is 1. The van der Waals surface area contributed by atoms with Crippen LogP contribution in [0.2, 0.25) is 0 Å². The van der Waals surface area contributed by atoms with Crippen LogP contribution in [0.1, 0.15) is 18.0 Å². The van der Waals surface area contributed by atoms with E-state index >= 15 is 0 Å². The predicted octanol–water partition coefficient (Wildman–Crippen LogP) is 1.61. The van der Waals surface area contributed by atoms with Gasteiger partial charge in [0.05, 0.1) is 16.0 Å². The SMILES string of the molecule is NC(c1cc(Br)c2c(c1)OCO2)C1CCS(=O)(=O)C1. The van der Waals surface area contributed by atoms with Crippen LogP contribution in [0, 0.1) is 5.92 Å². The first-order chi connectivity index (χ1) is 8.96. The molecule has 2 aliphatic heterocycles. The standard InChI is InChI=1S/C12H14BrNO4S/c13-9-3-8(4-10-12(9)18-6-17-10)11(14)7-1-2-19(15,16)5-7/h3-4,7,11H,1-2,5-6,14H2. The van der Waals surface area contributed by atoms with E-state index in [-0.39, 0.29) is 30.3 Å². The quantitative estimate of drug-likeness (QED) is 0.879. The molecule has 1 fully saturated rings. The summed E-state index contributed by atoms with van der Waals surface area (Å²) in [5.74, 6) is 1.70. The second-order valence-electron chi connectivity index (χ2n) is 4.93.